The number of hydrogen-bond acceptors (Lipinski definition) is 4. The van der Waals surface area contributed by atoms with Crippen molar-refractivity contribution in [2.24, 2.45) is 0 Å². The lowest BCUT2D eigenvalue weighted by Gasteiger charge is -2.12. The number of carbonyl (C=O) groups is 2. The first-order chi connectivity index (χ1) is 6.47. The molecule has 0 aliphatic carbocycles. The van der Waals surface area contributed by atoms with Gasteiger partial charge in [0.05, 0.1) is 13.0 Å². The standard InChI is InChI=1S/C10H14O4/c1-5-13-10(12)8(4)14-9(11)6-7(2)3/h6,8H,2-3,5H2,1,4H3/t8-/m0/s1. The Labute approximate surface area is 84.6 Å². The van der Waals surface area contributed by atoms with Gasteiger partial charge in [-0.2, -0.15) is 0 Å². The second kappa shape index (κ2) is 6.40. The molecule has 0 heterocycles. The van der Waals surface area contributed by atoms with Gasteiger partial charge in [0.15, 0.2) is 6.10 Å². The maximum atomic E-state index is 11.0. The molecule has 4 radical (unpaired) electrons. The van der Waals surface area contributed by atoms with Gasteiger partial charge < -0.3 is 9.47 Å². The Balaban J connectivity index is 3.87. The number of ether oxygens (including phenoxy) is 2. The fourth-order valence-corrected chi connectivity index (χ4v) is 0.683. The molecule has 0 aromatic carbocycles. The average molecular weight is 198 g/mol. The largest absolute Gasteiger partial charge is 0.463 e. The van der Waals surface area contributed by atoms with Crippen LogP contribution < -0.4 is 0 Å². The smallest absolute Gasteiger partial charge is 0.347 e. The van der Waals surface area contributed by atoms with Crippen LogP contribution in [0, 0.1) is 26.2 Å². The van der Waals surface area contributed by atoms with E-state index in [2.05, 4.69) is 18.6 Å². The SMILES string of the molecule is [CH2][C]([CH2])[CH]C(=O)O[C@@H](C)C(=O)OCC. The quantitative estimate of drug-likeness (QED) is 0.616. The zero-order valence-electron chi connectivity index (χ0n) is 8.41. The molecular weight excluding hydrogens is 184 g/mol. The molecular formula is C10H14O4. The van der Waals surface area contributed by atoms with Crippen molar-refractivity contribution in [1.82, 2.24) is 0 Å². The van der Waals surface area contributed by atoms with Crippen LogP contribution in [0.5, 0.6) is 0 Å². The summed E-state index contributed by atoms with van der Waals surface area (Å²) in [5.41, 5.74) is 0. The number of rotatable bonds is 5. The molecule has 0 rings (SSSR count). The number of carbonyl (C=O) groups excluding carboxylic acids is 2. The maximum absolute atomic E-state index is 11.0. The molecule has 0 aromatic heterocycles. The third kappa shape index (κ3) is 5.56. The van der Waals surface area contributed by atoms with E-state index in [1.807, 2.05) is 0 Å². The highest BCUT2D eigenvalue weighted by atomic mass is 16.6. The number of esters is 2. The molecule has 0 saturated carbocycles. The molecule has 0 spiro atoms. The summed E-state index contributed by atoms with van der Waals surface area (Å²) in [4.78, 5) is 22.0. The fourth-order valence-electron chi connectivity index (χ4n) is 0.683. The van der Waals surface area contributed by atoms with Crippen LogP contribution in [0.15, 0.2) is 0 Å². The molecule has 0 N–H and O–H groups in total. The van der Waals surface area contributed by atoms with Crippen molar-refractivity contribution in [3.63, 3.8) is 0 Å². The molecule has 0 aliphatic rings. The molecule has 0 unspecified atom stereocenters. The zero-order valence-corrected chi connectivity index (χ0v) is 8.41. The molecule has 0 aromatic rings. The van der Waals surface area contributed by atoms with Crippen molar-refractivity contribution in [2.75, 3.05) is 6.61 Å². The van der Waals surface area contributed by atoms with Crippen LogP contribution >= 0.6 is 0 Å². The monoisotopic (exact) mass is 198 g/mol. The third-order valence-electron chi connectivity index (χ3n) is 1.23. The lowest BCUT2D eigenvalue weighted by atomic mass is 10.1. The summed E-state index contributed by atoms with van der Waals surface area (Å²) in [5.74, 6) is -0.888. The molecule has 0 fully saturated rings. The lowest BCUT2D eigenvalue weighted by Crippen LogP contribution is -2.26. The van der Waals surface area contributed by atoms with Crippen LogP contribution in [-0.2, 0) is 19.1 Å². The Morgan fingerprint density at radius 3 is 2.43 bits per heavy atom. The normalized spacial score (nSPS) is 12.4. The average Bonchev–Trinajstić information content (AvgIpc) is 2.02. The van der Waals surface area contributed by atoms with Gasteiger partial charge in [0.2, 0.25) is 0 Å². The van der Waals surface area contributed by atoms with E-state index in [1.165, 1.54) is 6.92 Å². The van der Waals surface area contributed by atoms with E-state index in [4.69, 9.17) is 4.74 Å². The minimum absolute atomic E-state index is 0.256. The van der Waals surface area contributed by atoms with Crippen LogP contribution in [0.25, 0.3) is 0 Å². The predicted octanol–water partition coefficient (Wildman–Crippen LogP) is 0.928. The Hall–Kier alpha value is -1.06. The summed E-state index contributed by atoms with van der Waals surface area (Å²) in [6.07, 6.45) is 0.202. The highest BCUT2D eigenvalue weighted by Gasteiger charge is 2.19. The van der Waals surface area contributed by atoms with Gasteiger partial charge in [-0.1, -0.05) is 0 Å². The minimum Gasteiger partial charge on any atom is -0.463 e. The molecule has 78 valence electrons. The third-order valence-corrected chi connectivity index (χ3v) is 1.23. The molecule has 4 heteroatoms. The highest BCUT2D eigenvalue weighted by molar-refractivity contribution is 5.85. The van der Waals surface area contributed by atoms with E-state index in [1.54, 1.807) is 6.92 Å². The Morgan fingerprint density at radius 2 is 2.00 bits per heavy atom. The molecule has 14 heavy (non-hydrogen) atoms. The fraction of sp³-hybridized carbons (Fsp3) is 0.400. The summed E-state index contributed by atoms with van der Waals surface area (Å²) in [6, 6.07) is 0. The summed E-state index contributed by atoms with van der Waals surface area (Å²) in [6.45, 7) is 10.2. The molecule has 1 atom stereocenters. The Morgan fingerprint density at radius 1 is 1.43 bits per heavy atom. The first kappa shape index (κ1) is 12.9. The van der Waals surface area contributed by atoms with Crippen LogP contribution in [0.4, 0.5) is 0 Å². The molecule has 0 saturated heterocycles. The van der Waals surface area contributed by atoms with Crippen LogP contribution in [-0.4, -0.2) is 24.6 Å². The number of hydrogen-bond donors (Lipinski definition) is 0. The van der Waals surface area contributed by atoms with Gasteiger partial charge in [0, 0.05) is 0 Å². The first-order valence-electron chi connectivity index (χ1n) is 4.20. The first-order valence-corrected chi connectivity index (χ1v) is 4.20. The highest BCUT2D eigenvalue weighted by Crippen LogP contribution is 2.04. The second-order valence-corrected chi connectivity index (χ2v) is 2.63. The zero-order chi connectivity index (χ0) is 11.1. The van der Waals surface area contributed by atoms with Crippen LogP contribution in [0.3, 0.4) is 0 Å². The van der Waals surface area contributed by atoms with Crippen LogP contribution in [0.2, 0.25) is 0 Å². The van der Waals surface area contributed by atoms with Gasteiger partial charge >= 0.3 is 11.9 Å². The predicted molar refractivity (Wildman–Crippen MR) is 50.4 cm³/mol. The van der Waals surface area contributed by atoms with E-state index in [0.29, 0.717) is 5.92 Å². The van der Waals surface area contributed by atoms with Gasteiger partial charge in [0.25, 0.3) is 0 Å². The molecule has 4 nitrogen and oxygen atoms in total. The molecule has 0 amide bonds. The summed E-state index contributed by atoms with van der Waals surface area (Å²) in [7, 11) is 0. The van der Waals surface area contributed by atoms with E-state index in [9.17, 15) is 9.59 Å². The molecule has 0 bridgehead atoms. The molecule has 0 aliphatic heterocycles. The Kier molecular flexibility index (Phi) is 5.92. The van der Waals surface area contributed by atoms with Gasteiger partial charge in [0.1, 0.15) is 0 Å². The lowest BCUT2D eigenvalue weighted by molar-refractivity contribution is -0.164. The minimum atomic E-state index is -0.905. The van der Waals surface area contributed by atoms with Crippen molar-refractivity contribution < 1.29 is 19.1 Å². The van der Waals surface area contributed by atoms with Crippen molar-refractivity contribution >= 4 is 11.9 Å². The van der Waals surface area contributed by atoms with Gasteiger partial charge in [-0.15, -0.1) is 0 Å². The van der Waals surface area contributed by atoms with E-state index in [-0.39, 0.29) is 6.61 Å². The van der Waals surface area contributed by atoms with E-state index >= 15 is 0 Å². The van der Waals surface area contributed by atoms with Gasteiger partial charge in [-0.25, -0.2) is 4.79 Å². The summed E-state index contributed by atoms with van der Waals surface area (Å²) in [5, 5.41) is 0. The van der Waals surface area contributed by atoms with Crippen molar-refractivity contribution in [1.29, 1.82) is 0 Å². The Bertz CT molecular complexity index is 198. The maximum Gasteiger partial charge on any atom is 0.347 e. The van der Waals surface area contributed by atoms with Crippen molar-refractivity contribution in [3.05, 3.63) is 26.2 Å². The van der Waals surface area contributed by atoms with Crippen LogP contribution in [0.1, 0.15) is 13.8 Å². The second-order valence-electron chi connectivity index (χ2n) is 2.63. The van der Waals surface area contributed by atoms with Crippen molar-refractivity contribution in [3.8, 4) is 0 Å². The van der Waals surface area contributed by atoms with E-state index in [0.717, 1.165) is 6.42 Å². The van der Waals surface area contributed by atoms with E-state index < -0.39 is 18.0 Å². The summed E-state index contributed by atoms with van der Waals surface area (Å²) < 4.78 is 9.35. The van der Waals surface area contributed by atoms with Gasteiger partial charge in [-0.3, -0.25) is 4.79 Å². The van der Waals surface area contributed by atoms with Crippen molar-refractivity contribution in [2.45, 2.75) is 20.0 Å². The van der Waals surface area contributed by atoms with Gasteiger partial charge in [-0.05, 0) is 33.6 Å². The topological polar surface area (TPSA) is 52.6 Å². The summed E-state index contributed by atoms with van der Waals surface area (Å²) >= 11 is 0.